The Balaban J connectivity index is 2.07. The molecule has 0 aliphatic carbocycles. The van der Waals surface area contributed by atoms with Gasteiger partial charge >= 0.3 is 5.97 Å². The van der Waals surface area contributed by atoms with Crippen molar-refractivity contribution < 1.29 is 24.2 Å². The SMILES string of the molecule is O=C(O)c1oc(COCc2ccccc2)cc(=O)c1O. The lowest BCUT2D eigenvalue weighted by Crippen LogP contribution is -2.09. The first-order valence-corrected chi connectivity index (χ1v) is 5.79. The van der Waals surface area contributed by atoms with Gasteiger partial charge in [-0.25, -0.2) is 4.79 Å². The zero-order valence-electron chi connectivity index (χ0n) is 10.4. The smallest absolute Gasteiger partial charge is 0.375 e. The van der Waals surface area contributed by atoms with Crippen LogP contribution < -0.4 is 5.43 Å². The number of carboxylic acid groups (broad SMARTS) is 1. The molecule has 104 valence electrons. The molecular formula is C14H12O6. The molecule has 1 aromatic carbocycles. The van der Waals surface area contributed by atoms with Gasteiger partial charge in [0, 0.05) is 6.07 Å². The molecule has 0 fully saturated rings. The van der Waals surface area contributed by atoms with Crippen LogP contribution in [0.15, 0.2) is 45.6 Å². The van der Waals surface area contributed by atoms with Crippen molar-refractivity contribution in [2.75, 3.05) is 0 Å². The topological polar surface area (TPSA) is 97.0 Å². The summed E-state index contributed by atoms with van der Waals surface area (Å²) in [6, 6.07) is 10.4. The predicted molar refractivity (Wildman–Crippen MR) is 68.5 cm³/mol. The third-order valence-electron chi connectivity index (χ3n) is 2.52. The first-order valence-electron chi connectivity index (χ1n) is 5.79. The minimum atomic E-state index is -1.51. The third kappa shape index (κ3) is 3.24. The number of aromatic hydroxyl groups is 1. The van der Waals surface area contributed by atoms with Gasteiger partial charge in [0.1, 0.15) is 12.4 Å². The van der Waals surface area contributed by atoms with E-state index in [-0.39, 0.29) is 12.4 Å². The number of aromatic carboxylic acids is 1. The van der Waals surface area contributed by atoms with Crippen LogP contribution >= 0.6 is 0 Å². The predicted octanol–water partition coefficient (Wildman–Crippen LogP) is 1.76. The van der Waals surface area contributed by atoms with Gasteiger partial charge in [0.15, 0.2) is 0 Å². The van der Waals surface area contributed by atoms with Gasteiger partial charge < -0.3 is 19.4 Å². The summed E-state index contributed by atoms with van der Waals surface area (Å²) in [7, 11) is 0. The molecule has 0 saturated carbocycles. The molecule has 1 heterocycles. The molecule has 0 aliphatic rings. The Bertz CT molecular complexity index is 659. The minimum absolute atomic E-state index is 0.0427. The molecule has 6 nitrogen and oxygen atoms in total. The fraction of sp³-hybridized carbons (Fsp3) is 0.143. The summed E-state index contributed by atoms with van der Waals surface area (Å²) in [5.74, 6) is -3.16. The summed E-state index contributed by atoms with van der Waals surface area (Å²) in [6.07, 6.45) is 0. The van der Waals surface area contributed by atoms with E-state index in [2.05, 4.69) is 0 Å². The average Bonchev–Trinajstić information content (AvgIpc) is 2.43. The second-order valence-corrected chi connectivity index (χ2v) is 4.04. The van der Waals surface area contributed by atoms with Gasteiger partial charge in [-0.1, -0.05) is 30.3 Å². The van der Waals surface area contributed by atoms with E-state index in [0.717, 1.165) is 11.6 Å². The van der Waals surface area contributed by atoms with E-state index < -0.39 is 22.9 Å². The number of carbonyl (C=O) groups is 1. The molecule has 1 aromatic heterocycles. The van der Waals surface area contributed by atoms with Gasteiger partial charge in [-0.05, 0) is 5.56 Å². The highest BCUT2D eigenvalue weighted by Crippen LogP contribution is 2.14. The van der Waals surface area contributed by atoms with E-state index >= 15 is 0 Å². The summed E-state index contributed by atoms with van der Waals surface area (Å²) in [5.41, 5.74) is 0.124. The van der Waals surface area contributed by atoms with Crippen LogP contribution in [-0.4, -0.2) is 16.2 Å². The molecule has 0 amide bonds. The fourth-order valence-electron chi connectivity index (χ4n) is 1.60. The van der Waals surface area contributed by atoms with Crippen molar-refractivity contribution >= 4 is 5.97 Å². The summed E-state index contributed by atoms with van der Waals surface area (Å²) in [6.45, 7) is 0.235. The van der Waals surface area contributed by atoms with Crippen LogP contribution in [0.5, 0.6) is 5.75 Å². The monoisotopic (exact) mass is 276 g/mol. The zero-order valence-corrected chi connectivity index (χ0v) is 10.4. The first-order chi connectivity index (χ1) is 9.58. The Morgan fingerprint density at radius 1 is 1.20 bits per heavy atom. The Morgan fingerprint density at radius 2 is 1.90 bits per heavy atom. The van der Waals surface area contributed by atoms with Gasteiger partial charge in [-0.3, -0.25) is 4.79 Å². The van der Waals surface area contributed by atoms with Crippen molar-refractivity contribution in [3.05, 3.63) is 63.7 Å². The van der Waals surface area contributed by atoms with Crippen molar-refractivity contribution in [1.82, 2.24) is 0 Å². The van der Waals surface area contributed by atoms with Crippen LogP contribution in [0.25, 0.3) is 0 Å². The van der Waals surface area contributed by atoms with E-state index in [1.165, 1.54) is 0 Å². The summed E-state index contributed by atoms with van der Waals surface area (Å²) in [5, 5.41) is 18.1. The second-order valence-electron chi connectivity index (χ2n) is 4.04. The summed E-state index contributed by atoms with van der Waals surface area (Å²) < 4.78 is 10.2. The van der Waals surface area contributed by atoms with Gasteiger partial charge in [0.25, 0.3) is 5.76 Å². The van der Waals surface area contributed by atoms with Gasteiger partial charge in [-0.15, -0.1) is 0 Å². The zero-order chi connectivity index (χ0) is 14.5. The van der Waals surface area contributed by atoms with Crippen LogP contribution in [-0.2, 0) is 18.0 Å². The number of carboxylic acids is 1. The lowest BCUT2D eigenvalue weighted by atomic mass is 10.2. The highest BCUT2D eigenvalue weighted by Gasteiger charge is 2.17. The minimum Gasteiger partial charge on any atom is -0.501 e. The number of rotatable bonds is 5. The Labute approximate surface area is 113 Å². The number of benzene rings is 1. The Kier molecular flexibility index (Phi) is 4.17. The van der Waals surface area contributed by atoms with E-state index in [9.17, 15) is 14.7 Å². The van der Waals surface area contributed by atoms with Crippen LogP contribution in [0, 0.1) is 0 Å². The van der Waals surface area contributed by atoms with Crippen LogP contribution in [0.2, 0.25) is 0 Å². The quantitative estimate of drug-likeness (QED) is 0.863. The molecule has 0 spiro atoms. The van der Waals surface area contributed by atoms with E-state index in [1.54, 1.807) is 0 Å². The van der Waals surface area contributed by atoms with Crippen LogP contribution in [0.1, 0.15) is 21.9 Å². The van der Waals surface area contributed by atoms with E-state index in [4.69, 9.17) is 14.3 Å². The molecule has 0 saturated heterocycles. The highest BCUT2D eigenvalue weighted by atomic mass is 16.5. The lowest BCUT2D eigenvalue weighted by Gasteiger charge is -2.05. The molecule has 0 atom stereocenters. The van der Waals surface area contributed by atoms with Crippen molar-refractivity contribution in [3.63, 3.8) is 0 Å². The molecule has 6 heteroatoms. The number of hydrogen-bond acceptors (Lipinski definition) is 5. The molecule has 2 aromatic rings. The number of ether oxygens (including phenoxy) is 1. The molecule has 0 aliphatic heterocycles. The average molecular weight is 276 g/mol. The van der Waals surface area contributed by atoms with Crippen LogP contribution in [0.3, 0.4) is 0 Å². The molecule has 2 N–H and O–H groups in total. The van der Waals surface area contributed by atoms with Crippen molar-refractivity contribution in [1.29, 1.82) is 0 Å². The second kappa shape index (κ2) is 6.03. The molecular weight excluding hydrogens is 264 g/mol. The Hall–Kier alpha value is -2.60. The lowest BCUT2D eigenvalue weighted by molar-refractivity contribution is 0.0623. The maximum atomic E-state index is 11.4. The third-order valence-corrected chi connectivity index (χ3v) is 2.52. The molecule has 2 rings (SSSR count). The molecule has 0 radical (unpaired) electrons. The maximum Gasteiger partial charge on any atom is 0.375 e. The first kappa shape index (κ1) is 13.8. The highest BCUT2D eigenvalue weighted by molar-refractivity contribution is 5.87. The van der Waals surface area contributed by atoms with Crippen molar-refractivity contribution in [2.24, 2.45) is 0 Å². The largest absolute Gasteiger partial charge is 0.501 e. The molecule has 0 bridgehead atoms. The number of hydrogen-bond donors (Lipinski definition) is 2. The standard InChI is InChI=1S/C14H12O6/c15-11-6-10(20-13(12(11)16)14(17)18)8-19-7-9-4-2-1-3-5-9/h1-6,16H,7-8H2,(H,17,18). The normalized spacial score (nSPS) is 10.4. The van der Waals surface area contributed by atoms with Crippen LogP contribution in [0.4, 0.5) is 0 Å². The van der Waals surface area contributed by atoms with Crippen molar-refractivity contribution in [3.8, 4) is 5.75 Å². The van der Waals surface area contributed by atoms with Crippen molar-refractivity contribution in [2.45, 2.75) is 13.2 Å². The molecule has 0 unspecified atom stereocenters. The van der Waals surface area contributed by atoms with E-state index in [0.29, 0.717) is 6.61 Å². The Morgan fingerprint density at radius 3 is 2.55 bits per heavy atom. The van der Waals surface area contributed by atoms with Gasteiger partial charge in [0.05, 0.1) is 6.61 Å². The summed E-state index contributed by atoms with van der Waals surface area (Å²) in [4.78, 5) is 22.2. The van der Waals surface area contributed by atoms with Gasteiger partial charge in [0.2, 0.25) is 11.2 Å². The maximum absolute atomic E-state index is 11.4. The fourth-order valence-corrected chi connectivity index (χ4v) is 1.60. The van der Waals surface area contributed by atoms with E-state index in [1.807, 2.05) is 30.3 Å². The van der Waals surface area contributed by atoms with Gasteiger partial charge in [-0.2, -0.15) is 0 Å². The summed E-state index contributed by atoms with van der Waals surface area (Å²) >= 11 is 0. The molecule has 20 heavy (non-hydrogen) atoms.